The van der Waals surface area contributed by atoms with E-state index in [2.05, 4.69) is 40.9 Å². The van der Waals surface area contributed by atoms with Crippen molar-refractivity contribution in [3.63, 3.8) is 0 Å². The summed E-state index contributed by atoms with van der Waals surface area (Å²) in [6.45, 7) is 16.3. The van der Waals surface area contributed by atoms with Crippen LogP contribution >= 0.6 is 21.6 Å². The zero-order valence-electron chi connectivity index (χ0n) is 8.39. The summed E-state index contributed by atoms with van der Waals surface area (Å²) in [6, 6.07) is 0. The van der Waals surface area contributed by atoms with Gasteiger partial charge in [-0.15, -0.1) is 13.2 Å². The molecule has 0 spiro atoms. The van der Waals surface area contributed by atoms with Gasteiger partial charge in [-0.2, -0.15) is 0 Å². The van der Waals surface area contributed by atoms with Crippen LogP contribution in [-0.2, 0) is 0 Å². The number of rotatable bonds is 5. The summed E-state index contributed by atoms with van der Waals surface area (Å²) in [5.41, 5.74) is 0. The Hall–Kier alpha value is 0.180. The van der Waals surface area contributed by atoms with E-state index < -0.39 is 0 Å². The predicted octanol–water partition coefficient (Wildman–Crippen LogP) is 4.30. The molecule has 0 nitrogen and oxygen atoms in total. The maximum Gasteiger partial charge on any atom is 0.0383 e. The largest absolute Gasteiger partial charge is 0.102 e. The van der Waals surface area contributed by atoms with Gasteiger partial charge in [-0.1, -0.05) is 33.7 Å². The maximum atomic E-state index is 3.80. The first-order valence-electron chi connectivity index (χ1n) is 3.97. The zero-order chi connectivity index (χ0) is 9.83. The standard InChI is InChI=1S/C10H18S2/c1-7-9(3,4)11-12-10(5,6)8-2/h7-8H,1-2H2,3-6H3. The maximum absolute atomic E-state index is 3.80. The van der Waals surface area contributed by atoms with Crippen molar-refractivity contribution >= 4 is 21.6 Å². The Bertz CT molecular complexity index is 149. The van der Waals surface area contributed by atoms with Gasteiger partial charge in [-0.3, -0.25) is 0 Å². The first-order chi connectivity index (χ1) is 5.33. The molecule has 0 aliphatic carbocycles. The topological polar surface area (TPSA) is 0 Å². The SMILES string of the molecule is C=CC(C)(C)SSC(C)(C)C=C. The van der Waals surface area contributed by atoms with Crippen LogP contribution in [0, 0.1) is 0 Å². The van der Waals surface area contributed by atoms with Crippen LogP contribution in [0.1, 0.15) is 27.7 Å². The second-order valence-electron chi connectivity index (χ2n) is 3.78. The molecule has 0 saturated carbocycles. The van der Waals surface area contributed by atoms with Crippen molar-refractivity contribution in [2.45, 2.75) is 37.2 Å². The van der Waals surface area contributed by atoms with E-state index in [1.807, 2.05) is 33.7 Å². The van der Waals surface area contributed by atoms with E-state index >= 15 is 0 Å². The molecule has 0 heterocycles. The van der Waals surface area contributed by atoms with Crippen molar-refractivity contribution in [1.82, 2.24) is 0 Å². The Morgan fingerprint density at radius 1 is 0.833 bits per heavy atom. The molecule has 0 fully saturated rings. The lowest BCUT2D eigenvalue weighted by Crippen LogP contribution is -2.13. The van der Waals surface area contributed by atoms with Gasteiger partial charge in [0.25, 0.3) is 0 Å². The van der Waals surface area contributed by atoms with Crippen LogP contribution in [0.3, 0.4) is 0 Å². The highest BCUT2D eigenvalue weighted by Gasteiger charge is 2.20. The molecule has 0 unspecified atom stereocenters. The van der Waals surface area contributed by atoms with Crippen LogP contribution < -0.4 is 0 Å². The highest BCUT2D eigenvalue weighted by Crippen LogP contribution is 2.44. The minimum atomic E-state index is 0.144. The third-order valence-electron chi connectivity index (χ3n) is 1.45. The van der Waals surface area contributed by atoms with Gasteiger partial charge < -0.3 is 0 Å². The van der Waals surface area contributed by atoms with Crippen molar-refractivity contribution in [3.05, 3.63) is 25.3 Å². The lowest BCUT2D eigenvalue weighted by molar-refractivity contribution is 0.898. The average Bonchev–Trinajstić information content (AvgIpc) is 2.02. The fourth-order valence-corrected chi connectivity index (χ4v) is 2.55. The molecular weight excluding hydrogens is 184 g/mol. The van der Waals surface area contributed by atoms with E-state index in [-0.39, 0.29) is 9.49 Å². The lowest BCUT2D eigenvalue weighted by Gasteiger charge is -2.25. The summed E-state index contributed by atoms with van der Waals surface area (Å²) in [5.74, 6) is 0. The summed E-state index contributed by atoms with van der Waals surface area (Å²) in [6.07, 6.45) is 3.95. The van der Waals surface area contributed by atoms with Crippen LogP contribution in [0.4, 0.5) is 0 Å². The second kappa shape index (κ2) is 4.43. The fourth-order valence-electron chi connectivity index (χ4n) is 0.283. The van der Waals surface area contributed by atoms with E-state index in [1.54, 1.807) is 0 Å². The van der Waals surface area contributed by atoms with Crippen molar-refractivity contribution in [3.8, 4) is 0 Å². The second-order valence-corrected chi connectivity index (χ2v) is 7.22. The van der Waals surface area contributed by atoms with E-state index in [0.29, 0.717) is 0 Å². The third kappa shape index (κ3) is 4.94. The molecule has 0 rings (SSSR count). The summed E-state index contributed by atoms with van der Waals surface area (Å²) >= 11 is 0. The summed E-state index contributed by atoms with van der Waals surface area (Å²) in [4.78, 5) is 0. The first-order valence-corrected chi connectivity index (χ1v) is 6.12. The van der Waals surface area contributed by atoms with E-state index in [9.17, 15) is 0 Å². The van der Waals surface area contributed by atoms with Crippen LogP contribution in [0.25, 0.3) is 0 Å². The van der Waals surface area contributed by atoms with Gasteiger partial charge >= 0.3 is 0 Å². The monoisotopic (exact) mass is 202 g/mol. The van der Waals surface area contributed by atoms with Gasteiger partial charge in [0.2, 0.25) is 0 Å². The quantitative estimate of drug-likeness (QED) is 0.481. The van der Waals surface area contributed by atoms with Gasteiger partial charge in [-0.25, -0.2) is 0 Å². The van der Waals surface area contributed by atoms with Crippen LogP contribution in [0.2, 0.25) is 0 Å². The zero-order valence-corrected chi connectivity index (χ0v) is 10.0. The molecule has 0 amide bonds. The predicted molar refractivity (Wildman–Crippen MR) is 63.7 cm³/mol. The van der Waals surface area contributed by atoms with Gasteiger partial charge in [0, 0.05) is 9.49 Å². The Labute approximate surface area is 84.3 Å². The molecule has 0 aromatic heterocycles. The molecule has 0 saturated heterocycles. The van der Waals surface area contributed by atoms with Gasteiger partial charge in [0.15, 0.2) is 0 Å². The highest BCUT2D eigenvalue weighted by atomic mass is 33.1. The average molecular weight is 202 g/mol. The third-order valence-corrected chi connectivity index (χ3v) is 5.56. The molecule has 0 N–H and O–H groups in total. The minimum Gasteiger partial charge on any atom is -0.102 e. The molecule has 70 valence electrons. The summed E-state index contributed by atoms with van der Waals surface area (Å²) < 4.78 is 0.288. The lowest BCUT2D eigenvalue weighted by atomic mass is 10.2. The Balaban J connectivity index is 3.98. The normalized spacial score (nSPS) is 12.7. The van der Waals surface area contributed by atoms with E-state index in [1.165, 1.54) is 0 Å². The first kappa shape index (κ1) is 12.2. The Kier molecular flexibility index (Phi) is 4.49. The number of hydrogen-bond acceptors (Lipinski definition) is 2. The molecule has 0 radical (unpaired) electrons. The molecular formula is C10H18S2. The molecule has 0 aromatic rings. The Morgan fingerprint density at radius 2 is 1.08 bits per heavy atom. The van der Waals surface area contributed by atoms with Crippen molar-refractivity contribution in [2.24, 2.45) is 0 Å². The summed E-state index contributed by atoms with van der Waals surface area (Å²) in [7, 11) is 3.68. The van der Waals surface area contributed by atoms with Crippen molar-refractivity contribution in [1.29, 1.82) is 0 Å². The van der Waals surface area contributed by atoms with Gasteiger partial charge in [0.1, 0.15) is 0 Å². The molecule has 0 atom stereocenters. The molecule has 0 aliphatic rings. The number of hydrogen-bond donors (Lipinski definition) is 0. The smallest absolute Gasteiger partial charge is 0.0383 e. The van der Waals surface area contributed by atoms with Crippen molar-refractivity contribution < 1.29 is 0 Å². The van der Waals surface area contributed by atoms with Gasteiger partial charge in [0.05, 0.1) is 0 Å². The van der Waals surface area contributed by atoms with E-state index in [4.69, 9.17) is 0 Å². The summed E-state index contributed by atoms with van der Waals surface area (Å²) in [5, 5.41) is 0. The molecule has 2 heteroatoms. The van der Waals surface area contributed by atoms with Crippen LogP contribution in [-0.4, -0.2) is 9.49 Å². The van der Waals surface area contributed by atoms with Crippen LogP contribution in [0.15, 0.2) is 25.3 Å². The molecule has 12 heavy (non-hydrogen) atoms. The van der Waals surface area contributed by atoms with Crippen molar-refractivity contribution in [2.75, 3.05) is 0 Å². The van der Waals surface area contributed by atoms with Crippen LogP contribution in [0.5, 0.6) is 0 Å². The highest BCUT2D eigenvalue weighted by molar-refractivity contribution is 8.77. The van der Waals surface area contributed by atoms with Gasteiger partial charge in [-0.05, 0) is 27.7 Å². The molecule has 0 aromatic carbocycles. The molecule has 0 aliphatic heterocycles. The fraction of sp³-hybridized carbons (Fsp3) is 0.600. The molecule has 0 bridgehead atoms. The minimum absolute atomic E-state index is 0.144. The Morgan fingerprint density at radius 3 is 1.25 bits per heavy atom. The van der Waals surface area contributed by atoms with E-state index in [0.717, 1.165) is 0 Å².